The molecule has 1 aromatic heterocycles. The fourth-order valence-corrected chi connectivity index (χ4v) is 3.36. The van der Waals surface area contributed by atoms with Gasteiger partial charge in [0.2, 0.25) is 5.09 Å². The molecule has 0 bridgehead atoms. The molecule has 0 saturated carbocycles. The minimum absolute atomic E-state index is 0.0266. The highest BCUT2D eigenvalue weighted by atomic mass is 32.2. The van der Waals surface area contributed by atoms with Gasteiger partial charge in [-0.3, -0.25) is 4.79 Å². The molecule has 1 fully saturated rings. The quantitative estimate of drug-likeness (QED) is 0.852. The number of hydrogen-bond donors (Lipinski definition) is 0. The summed E-state index contributed by atoms with van der Waals surface area (Å²) in [7, 11) is -0.829. The summed E-state index contributed by atoms with van der Waals surface area (Å²) < 4.78 is 30.6. The van der Waals surface area contributed by atoms with E-state index in [0.29, 0.717) is 17.9 Å². The number of rotatable bonds is 3. The van der Waals surface area contributed by atoms with Gasteiger partial charge >= 0.3 is 0 Å². The molecule has 22 heavy (non-hydrogen) atoms. The summed E-state index contributed by atoms with van der Waals surface area (Å²) >= 11 is 0. The molecule has 1 aliphatic rings. The zero-order chi connectivity index (χ0) is 17.1. The highest BCUT2D eigenvalue weighted by Gasteiger charge is 2.55. The molecule has 1 aromatic rings. The van der Waals surface area contributed by atoms with Gasteiger partial charge in [0, 0.05) is 37.7 Å². The Balaban J connectivity index is 2.36. The van der Waals surface area contributed by atoms with E-state index in [1.54, 1.807) is 11.8 Å². The SMILES string of the molecule is Cc1oc(S(=O)(=O)N(C)C)cc1C(=O)N1CC(C)(C)C1(C)C. The first-order valence-corrected chi connectivity index (χ1v) is 8.61. The number of likely N-dealkylation sites (tertiary alicyclic amines) is 1. The molecule has 7 heteroatoms. The van der Waals surface area contributed by atoms with Crippen molar-refractivity contribution in [2.45, 2.75) is 45.2 Å². The summed E-state index contributed by atoms with van der Waals surface area (Å²) in [6.45, 7) is 10.5. The maximum atomic E-state index is 12.7. The van der Waals surface area contributed by atoms with Crippen LogP contribution in [0, 0.1) is 12.3 Å². The Morgan fingerprint density at radius 2 is 1.82 bits per heavy atom. The van der Waals surface area contributed by atoms with E-state index >= 15 is 0 Å². The van der Waals surface area contributed by atoms with Crippen LogP contribution in [0.1, 0.15) is 43.8 Å². The average Bonchev–Trinajstić information content (AvgIpc) is 2.77. The van der Waals surface area contributed by atoms with Crippen molar-refractivity contribution in [3.8, 4) is 0 Å². The molecule has 2 heterocycles. The Kier molecular flexibility index (Phi) is 3.73. The van der Waals surface area contributed by atoms with Gasteiger partial charge in [-0.05, 0) is 20.8 Å². The number of hydrogen-bond acceptors (Lipinski definition) is 4. The number of nitrogens with zero attached hydrogens (tertiary/aromatic N) is 2. The summed E-state index contributed by atoms with van der Waals surface area (Å²) in [6, 6.07) is 1.33. The van der Waals surface area contributed by atoms with Gasteiger partial charge < -0.3 is 9.32 Å². The van der Waals surface area contributed by atoms with Crippen LogP contribution in [0.5, 0.6) is 0 Å². The van der Waals surface area contributed by atoms with Crippen LogP contribution in [-0.4, -0.2) is 49.7 Å². The molecule has 0 atom stereocenters. The number of amides is 1. The van der Waals surface area contributed by atoms with Gasteiger partial charge in [0.05, 0.1) is 5.56 Å². The summed E-state index contributed by atoms with van der Waals surface area (Å²) in [4.78, 5) is 14.5. The lowest BCUT2D eigenvalue weighted by Crippen LogP contribution is -2.70. The second-order valence-corrected chi connectivity index (χ2v) is 9.24. The van der Waals surface area contributed by atoms with Gasteiger partial charge in [-0.15, -0.1) is 0 Å². The zero-order valence-electron chi connectivity index (χ0n) is 14.2. The molecular weight excluding hydrogens is 304 g/mol. The van der Waals surface area contributed by atoms with Crippen molar-refractivity contribution in [3.63, 3.8) is 0 Å². The second kappa shape index (κ2) is 4.83. The fourth-order valence-electron chi connectivity index (χ4n) is 2.51. The van der Waals surface area contributed by atoms with Crippen LogP contribution in [0.15, 0.2) is 15.6 Å². The molecule has 1 amide bonds. The smallest absolute Gasteiger partial charge is 0.275 e. The molecule has 6 nitrogen and oxygen atoms in total. The van der Waals surface area contributed by atoms with Crippen LogP contribution in [-0.2, 0) is 10.0 Å². The van der Waals surface area contributed by atoms with Crippen molar-refractivity contribution in [3.05, 3.63) is 17.4 Å². The summed E-state index contributed by atoms with van der Waals surface area (Å²) in [6.07, 6.45) is 0. The number of furan rings is 1. The standard InChI is InChI=1S/C15H24N2O4S/c1-10-11(8-12(21-10)22(19,20)16(6)7)13(18)17-9-14(2,3)15(17,4)5/h8H,9H2,1-7H3. The minimum Gasteiger partial charge on any atom is -0.448 e. The van der Waals surface area contributed by atoms with Crippen molar-refractivity contribution in [1.29, 1.82) is 0 Å². The molecule has 1 saturated heterocycles. The predicted molar refractivity (Wildman–Crippen MR) is 83.2 cm³/mol. The Bertz CT molecular complexity index is 714. The third-order valence-electron chi connectivity index (χ3n) is 4.99. The first kappa shape index (κ1) is 17.0. The predicted octanol–water partition coefficient (Wildman–Crippen LogP) is 2.10. The van der Waals surface area contributed by atoms with Crippen LogP contribution in [0.25, 0.3) is 0 Å². The summed E-state index contributed by atoms with van der Waals surface area (Å²) in [5, 5.41) is -0.198. The summed E-state index contributed by atoms with van der Waals surface area (Å²) in [5.74, 6) is 0.136. The molecular formula is C15H24N2O4S. The van der Waals surface area contributed by atoms with E-state index in [4.69, 9.17) is 4.42 Å². The van der Waals surface area contributed by atoms with Crippen LogP contribution >= 0.6 is 0 Å². The monoisotopic (exact) mass is 328 g/mol. The number of carbonyl (C=O) groups is 1. The van der Waals surface area contributed by atoms with Crippen molar-refractivity contribution < 1.29 is 17.6 Å². The first-order chi connectivity index (χ1) is 9.82. The average molecular weight is 328 g/mol. The molecule has 0 aliphatic carbocycles. The number of aryl methyl sites for hydroxylation is 1. The molecule has 0 radical (unpaired) electrons. The third kappa shape index (κ3) is 2.27. The van der Waals surface area contributed by atoms with Gasteiger partial charge in [-0.2, -0.15) is 0 Å². The van der Waals surface area contributed by atoms with E-state index in [-0.39, 0.29) is 22.0 Å². The maximum absolute atomic E-state index is 12.7. The minimum atomic E-state index is -3.68. The second-order valence-electron chi connectivity index (χ2n) is 7.16. The van der Waals surface area contributed by atoms with Gasteiger partial charge in [-0.1, -0.05) is 13.8 Å². The fraction of sp³-hybridized carbons (Fsp3) is 0.667. The van der Waals surface area contributed by atoms with Gasteiger partial charge in [0.1, 0.15) is 5.76 Å². The zero-order valence-corrected chi connectivity index (χ0v) is 15.0. The molecule has 2 rings (SSSR count). The number of sulfonamides is 1. The van der Waals surface area contributed by atoms with E-state index in [1.807, 2.05) is 13.8 Å². The van der Waals surface area contributed by atoms with Crippen molar-refractivity contribution in [1.82, 2.24) is 9.21 Å². The van der Waals surface area contributed by atoms with Crippen molar-refractivity contribution >= 4 is 15.9 Å². The van der Waals surface area contributed by atoms with Crippen molar-refractivity contribution in [2.75, 3.05) is 20.6 Å². The van der Waals surface area contributed by atoms with E-state index in [2.05, 4.69) is 13.8 Å². The van der Waals surface area contributed by atoms with E-state index in [0.717, 1.165) is 4.31 Å². The van der Waals surface area contributed by atoms with Gasteiger partial charge in [-0.25, -0.2) is 12.7 Å². The largest absolute Gasteiger partial charge is 0.448 e. The topological polar surface area (TPSA) is 70.8 Å². The highest BCUT2D eigenvalue weighted by Crippen LogP contribution is 2.47. The van der Waals surface area contributed by atoms with E-state index < -0.39 is 10.0 Å². The van der Waals surface area contributed by atoms with Crippen LogP contribution < -0.4 is 0 Å². The van der Waals surface area contributed by atoms with E-state index in [1.165, 1.54) is 20.2 Å². The molecule has 0 N–H and O–H groups in total. The van der Waals surface area contributed by atoms with Gasteiger partial charge in [0.25, 0.3) is 15.9 Å². The Labute approximate surface area is 132 Å². The maximum Gasteiger partial charge on any atom is 0.275 e. The highest BCUT2D eigenvalue weighted by molar-refractivity contribution is 7.88. The lowest BCUT2D eigenvalue weighted by atomic mass is 9.65. The lowest BCUT2D eigenvalue weighted by Gasteiger charge is -2.61. The van der Waals surface area contributed by atoms with Crippen LogP contribution in [0.2, 0.25) is 0 Å². The summed E-state index contributed by atoms with van der Waals surface area (Å²) in [5.41, 5.74) is 0.0525. The normalized spacial score (nSPS) is 20.1. The third-order valence-corrected chi connectivity index (χ3v) is 6.66. The van der Waals surface area contributed by atoms with Crippen molar-refractivity contribution in [2.24, 2.45) is 5.41 Å². The molecule has 0 unspecified atom stereocenters. The molecule has 0 aromatic carbocycles. The van der Waals surface area contributed by atoms with E-state index in [9.17, 15) is 13.2 Å². The number of carbonyl (C=O) groups excluding carboxylic acids is 1. The molecule has 124 valence electrons. The Morgan fingerprint density at radius 3 is 2.23 bits per heavy atom. The lowest BCUT2D eigenvalue weighted by molar-refractivity contribution is -0.0882. The van der Waals surface area contributed by atoms with Gasteiger partial charge in [0.15, 0.2) is 0 Å². The van der Waals surface area contributed by atoms with Crippen LogP contribution in [0.4, 0.5) is 0 Å². The Morgan fingerprint density at radius 1 is 1.27 bits per heavy atom. The molecule has 1 aliphatic heterocycles. The first-order valence-electron chi connectivity index (χ1n) is 7.17. The Hall–Kier alpha value is -1.34. The molecule has 0 spiro atoms. The van der Waals surface area contributed by atoms with Crippen LogP contribution in [0.3, 0.4) is 0 Å².